The lowest BCUT2D eigenvalue weighted by atomic mass is 9.79. The zero-order valence-corrected chi connectivity index (χ0v) is 13.7. The van der Waals surface area contributed by atoms with Crippen molar-refractivity contribution in [1.82, 2.24) is 0 Å². The maximum Gasteiger partial charge on any atom is 0.240 e. The van der Waals surface area contributed by atoms with Gasteiger partial charge in [0.2, 0.25) is 11.8 Å². The van der Waals surface area contributed by atoms with E-state index in [1.54, 1.807) is 16.8 Å². The molecule has 0 aliphatic carbocycles. The summed E-state index contributed by atoms with van der Waals surface area (Å²) in [7, 11) is 1.75. The van der Waals surface area contributed by atoms with Crippen molar-refractivity contribution in [3.05, 3.63) is 24.3 Å². The van der Waals surface area contributed by atoms with Crippen LogP contribution < -0.4 is 9.80 Å². The molecule has 0 spiro atoms. The first-order chi connectivity index (χ1) is 9.66. The lowest BCUT2D eigenvalue weighted by Crippen LogP contribution is -2.49. The van der Waals surface area contributed by atoms with Gasteiger partial charge in [0.05, 0.1) is 11.4 Å². The molecule has 1 aliphatic rings. The van der Waals surface area contributed by atoms with Gasteiger partial charge in [-0.05, 0) is 31.4 Å². The molecule has 0 N–H and O–H groups in total. The van der Waals surface area contributed by atoms with Crippen LogP contribution in [0.1, 0.15) is 34.6 Å². The van der Waals surface area contributed by atoms with Gasteiger partial charge in [-0.15, -0.1) is 0 Å². The van der Waals surface area contributed by atoms with Gasteiger partial charge < -0.3 is 9.80 Å². The van der Waals surface area contributed by atoms with Crippen LogP contribution in [0.2, 0.25) is 0 Å². The predicted molar refractivity (Wildman–Crippen MR) is 85.4 cm³/mol. The van der Waals surface area contributed by atoms with E-state index >= 15 is 0 Å². The van der Waals surface area contributed by atoms with Crippen LogP contribution in [0.5, 0.6) is 0 Å². The molecule has 2 amide bonds. The topological polar surface area (TPSA) is 40.6 Å². The van der Waals surface area contributed by atoms with E-state index in [1.807, 2.05) is 58.9 Å². The molecule has 21 heavy (non-hydrogen) atoms. The van der Waals surface area contributed by atoms with Crippen LogP contribution in [0.15, 0.2) is 24.3 Å². The average molecular weight is 288 g/mol. The molecule has 1 atom stereocenters. The summed E-state index contributed by atoms with van der Waals surface area (Å²) in [6.45, 7) is 9.77. The zero-order chi connectivity index (χ0) is 15.9. The summed E-state index contributed by atoms with van der Waals surface area (Å²) in [5.74, 6) is -0.917. The van der Waals surface area contributed by atoms with E-state index in [0.29, 0.717) is 0 Å². The molecule has 1 aromatic carbocycles. The van der Waals surface area contributed by atoms with E-state index in [4.69, 9.17) is 0 Å². The molecule has 4 heteroatoms. The SMILES string of the molecule is CC(C)N1C(=O)C(C(C)(C)C)C(=O)N(C)c2ccccc21. The molecule has 2 rings (SSSR count). The Labute approximate surface area is 126 Å². The van der Waals surface area contributed by atoms with E-state index in [2.05, 4.69) is 0 Å². The third-order valence-electron chi connectivity index (χ3n) is 3.95. The molecule has 1 aromatic rings. The van der Waals surface area contributed by atoms with Crippen molar-refractivity contribution in [2.75, 3.05) is 16.8 Å². The fourth-order valence-corrected chi connectivity index (χ4v) is 2.90. The van der Waals surface area contributed by atoms with Crippen LogP contribution in [-0.2, 0) is 9.59 Å². The molecular weight excluding hydrogens is 264 g/mol. The number of carbonyl (C=O) groups is 2. The molecule has 1 aliphatic heterocycles. The van der Waals surface area contributed by atoms with Crippen LogP contribution >= 0.6 is 0 Å². The highest BCUT2D eigenvalue weighted by Gasteiger charge is 2.45. The molecule has 1 heterocycles. The standard InChI is InChI=1S/C17H24N2O2/c1-11(2)19-13-10-8-7-9-12(13)18(6)15(20)14(16(19)21)17(3,4)5/h7-11,14H,1-6H3. The van der Waals surface area contributed by atoms with Gasteiger partial charge in [0.25, 0.3) is 0 Å². The number of nitrogens with zero attached hydrogens (tertiary/aromatic N) is 2. The maximum atomic E-state index is 13.0. The van der Waals surface area contributed by atoms with E-state index in [0.717, 1.165) is 11.4 Å². The summed E-state index contributed by atoms with van der Waals surface area (Å²) in [5.41, 5.74) is 1.17. The first kappa shape index (κ1) is 15.5. The van der Waals surface area contributed by atoms with Crippen molar-refractivity contribution >= 4 is 23.2 Å². The van der Waals surface area contributed by atoms with Gasteiger partial charge in [0.1, 0.15) is 5.92 Å². The minimum Gasteiger partial charge on any atom is -0.313 e. The number of benzene rings is 1. The van der Waals surface area contributed by atoms with E-state index in [1.165, 1.54) is 0 Å². The number of para-hydroxylation sites is 2. The predicted octanol–water partition coefficient (Wildman–Crippen LogP) is 3.07. The third kappa shape index (κ3) is 2.55. The van der Waals surface area contributed by atoms with Crippen molar-refractivity contribution in [1.29, 1.82) is 0 Å². The summed E-state index contributed by atoms with van der Waals surface area (Å²) in [4.78, 5) is 29.2. The Bertz CT molecular complexity index is 572. The first-order valence-corrected chi connectivity index (χ1v) is 7.36. The van der Waals surface area contributed by atoms with Crippen molar-refractivity contribution in [3.63, 3.8) is 0 Å². The van der Waals surface area contributed by atoms with Crippen LogP contribution in [0.25, 0.3) is 0 Å². The first-order valence-electron chi connectivity index (χ1n) is 7.36. The molecule has 1 unspecified atom stereocenters. The van der Waals surface area contributed by atoms with Crippen LogP contribution in [0, 0.1) is 11.3 Å². The van der Waals surface area contributed by atoms with Crippen LogP contribution in [0.3, 0.4) is 0 Å². The lowest BCUT2D eigenvalue weighted by Gasteiger charge is -2.33. The van der Waals surface area contributed by atoms with Crippen LogP contribution in [-0.4, -0.2) is 24.9 Å². The number of hydrogen-bond donors (Lipinski definition) is 0. The highest BCUT2D eigenvalue weighted by atomic mass is 16.2. The quantitative estimate of drug-likeness (QED) is 0.745. The van der Waals surface area contributed by atoms with Gasteiger partial charge in [-0.1, -0.05) is 32.9 Å². The fraction of sp³-hybridized carbons (Fsp3) is 0.529. The van der Waals surface area contributed by atoms with Crippen molar-refractivity contribution in [2.45, 2.75) is 40.7 Å². The highest BCUT2D eigenvalue weighted by Crippen LogP contribution is 2.39. The van der Waals surface area contributed by atoms with Gasteiger partial charge in [-0.25, -0.2) is 0 Å². The second-order valence-electron chi connectivity index (χ2n) is 6.99. The Morgan fingerprint density at radius 1 is 1.00 bits per heavy atom. The molecular formula is C17H24N2O2. The van der Waals surface area contributed by atoms with E-state index in [-0.39, 0.29) is 17.9 Å². The van der Waals surface area contributed by atoms with Crippen LogP contribution in [0.4, 0.5) is 11.4 Å². The summed E-state index contributed by atoms with van der Waals surface area (Å²) < 4.78 is 0. The normalized spacial score (nSPS) is 19.9. The minimum absolute atomic E-state index is 0.00259. The van der Waals surface area contributed by atoms with Gasteiger partial charge in [-0.3, -0.25) is 9.59 Å². The number of anilines is 2. The number of rotatable bonds is 1. The fourth-order valence-electron chi connectivity index (χ4n) is 2.90. The second kappa shape index (κ2) is 5.17. The Morgan fingerprint density at radius 3 is 2.00 bits per heavy atom. The van der Waals surface area contributed by atoms with Gasteiger partial charge >= 0.3 is 0 Å². The van der Waals surface area contributed by atoms with E-state index < -0.39 is 11.3 Å². The molecule has 0 saturated heterocycles. The Kier molecular flexibility index (Phi) is 3.83. The lowest BCUT2D eigenvalue weighted by molar-refractivity contribution is -0.136. The molecule has 0 radical (unpaired) electrons. The third-order valence-corrected chi connectivity index (χ3v) is 3.95. The maximum absolute atomic E-state index is 13.0. The molecule has 0 saturated carbocycles. The van der Waals surface area contributed by atoms with Crippen molar-refractivity contribution < 1.29 is 9.59 Å². The minimum atomic E-state index is -0.669. The molecule has 4 nitrogen and oxygen atoms in total. The number of hydrogen-bond acceptors (Lipinski definition) is 2. The summed E-state index contributed by atoms with van der Waals surface area (Å²) in [6, 6.07) is 7.59. The number of fused-ring (bicyclic) bond motifs is 1. The Morgan fingerprint density at radius 2 is 1.52 bits per heavy atom. The summed E-state index contributed by atoms with van der Waals surface area (Å²) >= 11 is 0. The molecule has 0 bridgehead atoms. The van der Waals surface area contributed by atoms with Gasteiger partial charge in [0.15, 0.2) is 0 Å². The van der Waals surface area contributed by atoms with Gasteiger partial charge in [0, 0.05) is 13.1 Å². The smallest absolute Gasteiger partial charge is 0.240 e. The monoisotopic (exact) mass is 288 g/mol. The van der Waals surface area contributed by atoms with E-state index in [9.17, 15) is 9.59 Å². The second-order valence-corrected chi connectivity index (χ2v) is 6.99. The van der Waals surface area contributed by atoms with Crippen molar-refractivity contribution in [3.8, 4) is 0 Å². The summed E-state index contributed by atoms with van der Waals surface area (Å²) in [6.07, 6.45) is 0. The largest absolute Gasteiger partial charge is 0.313 e. The summed E-state index contributed by atoms with van der Waals surface area (Å²) in [5, 5.41) is 0. The number of carbonyl (C=O) groups excluding carboxylic acids is 2. The number of amides is 2. The molecule has 0 aromatic heterocycles. The zero-order valence-electron chi connectivity index (χ0n) is 13.7. The Balaban J connectivity index is 2.68. The van der Waals surface area contributed by atoms with Gasteiger partial charge in [-0.2, -0.15) is 0 Å². The molecule has 0 fully saturated rings. The van der Waals surface area contributed by atoms with Crippen molar-refractivity contribution in [2.24, 2.45) is 11.3 Å². The Hall–Kier alpha value is -1.84. The highest BCUT2D eigenvalue weighted by molar-refractivity contribution is 6.17. The average Bonchev–Trinajstić information content (AvgIpc) is 2.44. The molecule has 114 valence electrons.